The second-order valence-corrected chi connectivity index (χ2v) is 9.64. The van der Waals surface area contributed by atoms with Gasteiger partial charge >= 0.3 is 0 Å². The fraction of sp³-hybridized carbons (Fsp3) is 0.429. The van der Waals surface area contributed by atoms with Crippen molar-refractivity contribution in [2.45, 2.75) is 12.5 Å². The number of likely N-dealkylation sites (tertiary alicyclic amines) is 1. The number of Topliss-reactive ketones (excluding diaryl/α,β-unsaturated/α-hetero) is 1. The minimum atomic E-state index is -0.686. The third-order valence-corrected chi connectivity index (χ3v) is 7.06. The molecule has 0 bridgehead atoms. The highest BCUT2D eigenvalue weighted by Gasteiger charge is 2.46. The van der Waals surface area contributed by atoms with Gasteiger partial charge in [-0.2, -0.15) is 0 Å². The molecule has 1 atom stereocenters. The summed E-state index contributed by atoms with van der Waals surface area (Å²) in [7, 11) is 3.91. The van der Waals surface area contributed by atoms with Gasteiger partial charge in [0.2, 0.25) is 0 Å². The lowest BCUT2D eigenvalue weighted by Gasteiger charge is -2.29. The van der Waals surface area contributed by atoms with Gasteiger partial charge in [-0.3, -0.25) is 14.5 Å². The van der Waals surface area contributed by atoms with Gasteiger partial charge in [0.15, 0.2) is 11.5 Å². The first-order valence-electron chi connectivity index (χ1n) is 12.7. The number of rotatable bonds is 7. The van der Waals surface area contributed by atoms with Gasteiger partial charge in [-0.1, -0.05) is 12.1 Å². The van der Waals surface area contributed by atoms with Crippen LogP contribution in [0.5, 0.6) is 11.5 Å². The van der Waals surface area contributed by atoms with Gasteiger partial charge in [0.1, 0.15) is 19.0 Å². The number of hydrogen-bond donors (Lipinski definition) is 1. The minimum Gasteiger partial charge on any atom is -0.507 e. The number of aliphatic hydroxyl groups is 1. The lowest BCUT2D eigenvalue weighted by molar-refractivity contribution is -0.140. The number of amides is 1. The zero-order chi connectivity index (χ0) is 25.9. The molecule has 2 aromatic carbocycles. The number of hydrogen-bond acceptors (Lipinski definition) is 8. The lowest BCUT2D eigenvalue weighted by atomic mass is 9.95. The van der Waals surface area contributed by atoms with E-state index in [-0.39, 0.29) is 11.3 Å². The van der Waals surface area contributed by atoms with Crippen LogP contribution in [0.4, 0.5) is 5.69 Å². The summed E-state index contributed by atoms with van der Waals surface area (Å²) in [6, 6.07) is 12.1. The van der Waals surface area contributed by atoms with Crippen LogP contribution in [0.2, 0.25) is 0 Å². The average molecular weight is 508 g/mol. The quantitative estimate of drug-likeness (QED) is 0.348. The predicted molar refractivity (Wildman–Crippen MR) is 139 cm³/mol. The van der Waals surface area contributed by atoms with Gasteiger partial charge in [-0.15, -0.1) is 0 Å². The van der Waals surface area contributed by atoms with Crippen molar-refractivity contribution in [1.82, 2.24) is 9.80 Å². The number of benzene rings is 2. The molecule has 1 amide bonds. The van der Waals surface area contributed by atoms with E-state index in [4.69, 9.17) is 14.2 Å². The molecule has 0 radical (unpaired) electrons. The molecule has 0 spiro atoms. The maximum absolute atomic E-state index is 13.3. The summed E-state index contributed by atoms with van der Waals surface area (Å²) < 4.78 is 16.7. The van der Waals surface area contributed by atoms with Crippen molar-refractivity contribution >= 4 is 23.1 Å². The largest absolute Gasteiger partial charge is 0.507 e. The second-order valence-electron chi connectivity index (χ2n) is 9.64. The third-order valence-electron chi connectivity index (χ3n) is 7.06. The second kappa shape index (κ2) is 10.8. The van der Waals surface area contributed by atoms with Crippen molar-refractivity contribution in [2.75, 3.05) is 71.6 Å². The first kappa shape index (κ1) is 25.1. The smallest absolute Gasteiger partial charge is 0.295 e. The van der Waals surface area contributed by atoms with Crippen LogP contribution in [0.25, 0.3) is 5.76 Å². The summed E-state index contributed by atoms with van der Waals surface area (Å²) in [4.78, 5) is 32.5. The Hall–Kier alpha value is -3.56. The highest BCUT2D eigenvalue weighted by Crippen LogP contribution is 2.41. The molecular formula is C28H33N3O6. The van der Waals surface area contributed by atoms with Crippen LogP contribution in [0.3, 0.4) is 0 Å². The van der Waals surface area contributed by atoms with Gasteiger partial charge in [0.05, 0.1) is 24.8 Å². The summed E-state index contributed by atoms with van der Waals surface area (Å²) >= 11 is 0. The van der Waals surface area contributed by atoms with E-state index in [0.717, 1.165) is 30.9 Å². The molecule has 3 heterocycles. The maximum Gasteiger partial charge on any atom is 0.295 e. The Kier molecular flexibility index (Phi) is 7.34. The molecule has 2 aromatic rings. The first-order valence-corrected chi connectivity index (χ1v) is 12.7. The number of aliphatic hydroxyl groups excluding tert-OH is 1. The number of nitrogens with zero attached hydrogens (tertiary/aromatic N) is 3. The monoisotopic (exact) mass is 507 g/mol. The number of fused-ring (bicyclic) bond motifs is 1. The molecule has 9 nitrogen and oxygen atoms in total. The Bertz CT molecular complexity index is 1190. The lowest BCUT2D eigenvalue weighted by Crippen LogP contribution is -2.38. The SMILES string of the molecule is CN(C)c1ccc(C2/C(=C(\O)c3ccc4c(c3)OCCO4)C(=O)C(=O)N2CCCN2CCOCC2)cc1. The Morgan fingerprint density at radius 2 is 1.65 bits per heavy atom. The molecule has 3 aliphatic heterocycles. The summed E-state index contributed by atoms with van der Waals surface area (Å²) in [6.45, 7) is 5.20. The fourth-order valence-corrected chi connectivity index (χ4v) is 5.05. The third kappa shape index (κ3) is 5.14. The van der Waals surface area contributed by atoms with E-state index in [2.05, 4.69) is 4.90 Å². The van der Waals surface area contributed by atoms with Gasteiger partial charge < -0.3 is 29.1 Å². The molecule has 9 heteroatoms. The van der Waals surface area contributed by atoms with Crippen LogP contribution in [-0.4, -0.2) is 93.3 Å². The molecule has 0 aromatic heterocycles. The molecule has 1 N–H and O–H groups in total. The number of carbonyl (C=O) groups excluding carboxylic acids is 2. The van der Waals surface area contributed by atoms with Gasteiger partial charge in [0.25, 0.3) is 11.7 Å². The van der Waals surface area contributed by atoms with E-state index in [0.29, 0.717) is 56.5 Å². The minimum absolute atomic E-state index is 0.0886. The molecule has 196 valence electrons. The van der Waals surface area contributed by atoms with Gasteiger partial charge in [-0.05, 0) is 42.3 Å². The van der Waals surface area contributed by atoms with Crippen molar-refractivity contribution in [3.05, 3.63) is 59.2 Å². The van der Waals surface area contributed by atoms with Crippen LogP contribution in [0.15, 0.2) is 48.0 Å². The van der Waals surface area contributed by atoms with E-state index < -0.39 is 17.7 Å². The number of anilines is 1. The number of ether oxygens (including phenoxy) is 3. The first-order chi connectivity index (χ1) is 17.9. The number of carbonyl (C=O) groups is 2. The Labute approximate surface area is 216 Å². The molecule has 2 fully saturated rings. The van der Waals surface area contributed by atoms with Crippen molar-refractivity contribution in [2.24, 2.45) is 0 Å². The molecule has 1 unspecified atom stereocenters. The number of morpholine rings is 1. The van der Waals surface area contributed by atoms with Gasteiger partial charge in [-0.25, -0.2) is 0 Å². The fourth-order valence-electron chi connectivity index (χ4n) is 5.05. The molecule has 37 heavy (non-hydrogen) atoms. The molecule has 0 saturated carbocycles. The van der Waals surface area contributed by atoms with E-state index >= 15 is 0 Å². The van der Waals surface area contributed by atoms with E-state index in [1.807, 2.05) is 43.3 Å². The zero-order valence-corrected chi connectivity index (χ0v) is 21.3. The Morgan fingerprint density at radius 1 is 0.946 bits per heavy atom. The van der Waals surface area contributed by atoms with Crippen LogP contribution in [0.1, 0.15) is 23.6 Å². The van der Waals surface area contributed by atoms with E-state index in [1.54, 1.807) is 23.1 Å². The van der Waals surface area contributed by atoms with Crippen molar-refractivity contribution in [1.29, 1.82) is 0 Å². The molecule has 3 aliphatic rings. The average Bonchev–Trinajstić information content (AvgIpc) is 3.18. The normalized spacial score (nSPS) is 21.4. The van der Waals surface area contributed by atoms with Crippen molar-refractivity contribution < 1.29 is 28.9 Å². The highest BCUT2D eigenvalue weighted by atomic mass is 16.6. The van der Waals surface area contributed by atoms with Crippen LogP contribution in [-0.2, 0) is 14.3 Å². The van der Waals surface area contributed by atoms with Crippen LogP contribution < -0.4 is 14.4 Å². The topological polar surface area (TPSA) is 91.8 Å². The summed E-state index contributed by atoms with van der Waals surface area (Å²) in [6.07, 6.45) is 0.712. The highest BCUT2D eigenvalue weighted by molar-refractivity contribution is 6.46. The van der Waals surface area contributed by atoms with E-state index in [9.17, 15) is 14.7 Å². The molecular weight excluding hydrogens is 474 g/mol. The zero-order valence-electron chi connectivity index (χ0n) is 21.3. The Balaban J connectivity index is 1.49. The maximum atomic E-state index is 13.3. The predicted octanol–water partition coefficient (Wildman–Crippen LogP) is 2.67. The molecule has 2 saturated heterocycles. The standard InChI is InChI=1S/C28H33N3O6/c1-29(2)21-7-4-19(5-8-21)25-24(26(32)20-6-9-22-23(18-20)37-17-16-36-22)27(33)28(34)31(25)11-3-10-30-12-14-35-15-13-30/h4-9,18,25,32H,3,10-17H2,1-2H3/b26-24+. The van der Waals surface area contributed by atoms with Crippen LogP contribution in [0, 0.1) is 0 Å². The van der Waals surface area contributed by atoms with Crippen LogP contribution >= 0.6 is 0 Å². The van der Waals surface area contributed by atoms with Crippen molar-refractivity contribution in [3.63, 3.8) is 0 Å². The molecule has 5 rings (SSSR count). The summed E-state index contributed by atoms with van der Waals surface area (Å²) in [5, 5.41) is 11.4. The summed E-state index contributed by atoms with van der Waals surface area (Å²) in [5.74, 6) is -0.403. The van der Waals surface area contributed by atoms with E-state index in [1.165, 1.54) is 0 Å². The molecule has 0 aliphatic carbocycles. The number of ketones is 1. The summed E-state index contributed by atoms with van der Waals surface area (Å²) in [5.41, 5.74) is 2.27. The van der Waals surface area contributed by atoms with Crippen molar-refractivity contribution in [3.8, 4) is 11.5 Å². The Morgan fingerprint density at radius 3 is 2.35 bits per heavy atom. The van der Waals surface area contributed by atoms with Gasteiger partial charge in [0, 0.05) is 51.5 Å².